The summed E-state index contributed by atoms with van der Waals surface area (Å²) in [6.07, 6.45) is 4.41. The molecule has 3 rings (SSSR count). The number of benzene rings is 1. The van der Waals surface area contributed by atoms with Crippen molar-refractivity contribution < 1.29 is 0 Å². The molecule has 1 aliphatic heterocycles. The molecule has 1 fully saturated rings. The van der Waals surface area contributed by atoms with Crippen molar-refractivity contribution in [1.82, 2.24) is 9.78 Å². The molecule has 100 valence electrons. The van der Waals surface area contributed by atoms with E-state index in [0.717, 1.165) is 24.5 Å². The molecule has 0 amide bonds. The fraction of sp³-hybridized carbons (Fsp3) is 0.400. The number of nitrogens with zero attached hydrogens (tertiary/aromatic N) is 3. The van der Waals surface area contributed by atoms with Gasteiger partial charge >= 0.3 is 0 Å². The maximum atomic E-state index is 6.13. The van der Waals surface area contributed by atoms with Gasteiger partial charge in [-0.15, -0.1) is 0 Å². The van der Waals surface area contributed by atoms with Gasteiger partial charge in [0.2, 0.25) is 0 Å². The fourth-order valence-corrected chi connectivity index (χ4v) is 2.75. The number of hydrogen-bond donors (Lipinski definition) is 1. The van der Waals surface area contributed by atoms with Crippen LogP contribution in [-0.4, -0.2) is 22.9 Å². The second-order valence-electron chi connectivity index (χ2n) is 5.28. The van der Waals surface area contributed by atoms with Gasteiger partial charge in [-0.2, -0.15) is 5.10 Å². The summed E-state index contributed by atoms with van der Waals surface area (Å²) in [5.41, 5.74) is 10.9. The van der Waals surface area contributed by atoms with E-state index in [4.69, 9.17) is 5.73 Å². The number of rotatable bonds is 2. The van der Waals surface area contributed by atoms with Crippen molar-refractivity contribution in [2.24, 2.45) is 7.05 Å². The predicted octanol–water partition coefficient (Wildman–Crippen LogP) is 2.58. The van der Waals surface area contributed by atoms with Gasteiger partial charge in [-0.1, -0.05) is 11.6 Å². The molecular weight excluding hydrogens is 236 g/mol. The average molecular weight is 256 g/mol. The lowest BCUT2D eigenvalue weighted by atomic mass is 10.0. The van der Waals surface area contributed by atoms with Crippen molar-refractivity contribution in [1.29, 1.82) is 0 Å². The zero-order valence-corrected chi connectivity index (χ0v) is 11.6. The van der Waals surface area contributed by atoms with Crippen molar-refractivity contribution >= 4 is 11.5 Å². The molecule has 1 aliphatic rings. The van der Waals surface area contributed by atoms with Gasteiger partial charge in [-0.25, -0.2) is 0 Å². The van der Waals surface area contributed by atoms with Crippen molar-refractivity contribution in [3.05, 3.63) is 30.0 Å². The highest BCUT2D eigenvalue weighted by Gasteiger charge is 2.19. The van der Waals surface area contributed by atoms with Gasteiger partial charge in [0.15, 0.2) is 0 Å². The minimum atomic E-state index is 0.728. The molecule has 1 aromatic carbocycles. The topological polar surface area (TPSA) is 47.1 Å². The predicted molar refractivity (Wildman–Crippen MR) is 79.2 cm³/mol. The maximum absolute atomic E-state index is 6.13. The summed E-state index contributed by atoms with van der Waals surface area (Å²) in [5.74, 6) is 0.728. The Labute approximate surface area is 113 Å². The Morgan fingerprint density at radius 3 is 2.53 bits per heavy atom. The molecule has 1 saturated heterocycles. The lowest BCUT2D eigenvalue weighted by molar-refractivity contribution is 0.779. The molecule has 0 aliphatic carbocycles. The normalized spacial score (nSPS) is 15.2. The average Bonchev–Trinajstić information content (AvgIpc) is 3.01. The van der Waals surface area contributed by atoms with E-state index < -0.39 is 0 Å². The van der Waals surface area contributed by atoms with E-state index in [1.54, 1.807) is 4.68 Å². The standard InChI is InChI=1S/C15H20N4/c1-11-5-6-14(19-7-3-4-8-19)12(9-11)13-10-17-18(2)15(13)16/h5-6,9-10H,3-4,7-8,16H2,1-2H3. The third-order valence-corrected chi connectivity index (χ3v) is 3.87. The molecule has 19 heavy (non-hydrogen) atoms. The van der Waals surface area contributed by atoms with Crippen LogP contribution in [0.15, 0.2) is 24.4 Å². The molecule has 4 nitrogen and oxygen atoms in total. The number of aryl methyl sites for hydroxylation is 2. The Bertz CT molecular complexity index is 594. The van der Waals surface area contributed by atoms with Crippen LogP contribution in [0.25, 0.3) is 11.1 Å². The highest BCUT2D eigenvalue weighted by Crippen LogP contribution is 2.36. The third kappa shape index (κ3) is 2.07. The van der Waals surface area contributed by atoms with Crippen molar-refractivity contribution in [3.8, 4) is 11.1 Å². The molecule has 2 heterocycles. The molecule has 0 bridgehead atoms. The van der Waals surface area contributed by atoms with Crippen LogP contribution in [0.3, 0.4) is 0 Å². The molecule has 0 radical (unpaired) electrons. The Morgan fingerprint density at radius 1 is 1.16 bits per heavy atom. The highest BCUT2D eigenvalue weighted by molar-refractivity contribution is 5.84. The summed E-state index contributed by atoms with van der Waals surface area (Å²) < 4.78 is 1.73. The lowest BCUT2D eigenvalue weighted by Gasteiger charge is -2.21. The van der Waals surface area contributed by atoms with E-state index in [-0.39, 0.29) is 0 Å². The van der Waals surface area contributed by atoms with Crippen LogP contribution >= 0.6 is 0 Å². The van der Waals surface area contributed by atoms with Crippen LogP contribution < -0.4 is 10.6 Å². The molecule has 2 N–H and O–H groups in total. The highest BCUT2D eigenvalue weighted by atomic mass is 15.3. The zero-order valence-electron chi connectivity index (χ0n) is 11.6. The minimum absolute atomic E-state index is 0.728. The minimum Gasteiger partial charge on any atom is -0.383 e. The first-order valence-corrected chi connectivity index (χ1v) is 6.80. The van der Waals surface area contributed by atoms with Crippen LogP contribution in [0.2, 0.25) is 0 Å². The summed E-state index contributed by atoms with van der Waals surface area (Å²) in [6.45, 7) is 4.39. The Morgan fingerprint density at radius 2 is 1.89 bits per heavy atom. The smallest absolute Gasteiger partial charge is 0.129 e. The van der Waals surface area contributed by atoms with Gasteiger partial charge in [-0.05, 0) is 31.9 Å². The van der Waals surface area contributed by atoms with E-state index in [2.05, 4.69) is 35.1 Å². The molecule has 0 spiro atoms. The van der Waals surface area contributed by atoms with Crippen molar-refractivity contribution in [2.75, 3.05) is 23.7 Å². The number of nitrogen functional groups attached to an aromatic ring is 1. The largest absolute Gasteiger partial charge is 0.383 e. The Hall–Kier alpha value is -1.97. The van der Waals surface area contributed by atoms with Crippen LogP contribution in [-0.2, 0) is 7.05 Å². The van der Waals surface area contributed by atoms with Gasteiger partial charge in [0.25, 0.3) is 0 Å². The molecule has 1 aromatic heterocycles. The summed E-state index contributed by atoms with van der Waals surface area (Å²) in [4.78, 5) is 2.45. The zero-order chi connectivity index (χ0) is 13.4. The van der Waals surface area contributed by atoms with Crippen molar-refractivity contribution in [2.45, 2.75) is 19.8 Å². The molecule has 2 aromatic rings. The Kier molecular flexibility index (Phi) is 2.93. The van der Waals surface area contributed by atoms with Crippen LogP contribution in [0.1, 0.15) is 18.4 Å². The number of nitrogens with two attached hydrogens (primary N) is 1. The van der Waals surface area contributed by atoms with Crippen LogP contribution in [0.5, 0.6) is 0 Å². The fourth-order valence-electron chi connectivity index (χ4n) is 2.75. The molecule has 0 atom stereocenters. The first-order valence-electron chi connectivity index (χ1n) is 6.80. The SMILES string of the molecule is Cc1ccc(N2CCCC2)c(-c2cnn(C)c2N)c1. The van der Waals surface area contributed by atoms with Crippen LogP contribution in [0, 0.1) is 6.92 Å². The van der Waals surface area contributed by atoms with E-state index >= 15 is 0 Å². The second kappa shape index (κ2) is 4.61. The number of aromatic nitrogens is 2. The molecule has 0 saturated carbocycles. The van der Waals surface area contributed by atoms with Crippen molar-refractivity contribution in [3.63, 3.8) is 0 Å². The summed E-state index contributed by atoms with van der Waals surface area (Å²) in [5, 5.41) is 4.26. The van der Waals surface area contributed by atoms with Crippen LogP contribution in [0.4, 0.5) is 11.5 Å². The van der Waals surface area contributed by atoms with Gasteiger partial charge < -0.3 is 10.6 Å². The van der Waals surface area contributed by atoms with E-state index in [1.165, 1.54) is 29.7 Å². The monoisotopic (exact) mass is 256 g/mol. The summed E-state index contributed by atoms with van der Waals surface area (Å²) >= 11 is 0. The molecule has 0 unspecified atom stereocenters. The second-order valence-corrected chi connectivity index (χ2v) is 5.28. The summed E-state index contributed by atoms with van der Waals surface area (Å²) in [6, 6.07) is 6.59. The third-order valence-electron chi connectivity index (χ3n) is 3.87. The van der Waals surface area contributed by atoms with E-state index in [9.17, 15) is 0 Å². The first kappa shape index (κ1) is 12.1. The quantitative estimate of drug-likeness (QED) is 0.898. The van der Waals surface area contributed by atoms with Gasteiger partial charge in [0, 0.05) is 37.0 Å². The lowest BCUT2D eigenvalue weighted by Crippen LogP contribution is -2.18. The molecule has 4 heteroatoms. The maximum Gasteiger partial charge on any atom is 0.129 e. The first-order chi connectivity index (χ1) is 9.16. The van der Waals surface area contributed by atoms with Gasteiger partial charge in [0.05, 0.1) is 6.20 Å². The number of anilines is 2. The van der Waals surface area contributed by atoms with Gasteiger partial charge in [0.1, 0.15) is 5.82 Å². The van der Waals surface area contributed by atoms with Gasteiger partial charge in [-0.3, -0.25) is 4.68 Å². The Balaban J connectivity index is 2.13. The van der Waals surface area contributed by atoms with E-state index in [0.29, 0.717) is 0 Å². The number of hydrogen-bond acceptors (Lipinski definition) is 3. The van der Waals surface area contributed by atoms with E-state index in [1.807, 2.05) is 13.2 Å². The summed E-state index contributed by atoms with van der Waals surface area (Å²) in [7, 11) is 1.88. The molecular formula is C15H20N4.